The van der Waals surface area contributed by atoms with Gasteiger partial charge in [0, 0.05) is 12.1 Å². The van der Waals surface area contributed by atoms with E-state index < -0.39 is 0 Å². The fraction of sp³-hybridized carbons (Fsp3) is 0.208. The quantitative estimate of drug-likeness (QED) is 0.488. The molecular formula is C24H23N3O3. The van der Waals surface area contributed by atoms with Gasteiger partial charge in [-0.25, -0.2) is 4.68 Å². The molecule has 0 radical (unpaired) electrons. The molecule has 2 aromatic carbocycles. The topological polar surface area (TPSA) is 52.7 Å². The number of ether oxygens (including phenoxy) is 2. The van der Waals surface area contributed by atoms with Gasteiger partial charge in [0.1, 0.15) is 18.9 Å². The van der Waals surface area contributed by atoms with Crippen LogP contribution >= 0.6 is 0 Å². The molecule has 1 aliphatic heterocycles. The van der Waals surface area contributed by atoms with Crippen LogP contribution in [0.4, 0.5) is 0 Å². The monoisotopic (exact) mass is 401 g/mol. The molecule has 0 aliphatic carbocycles. The second kappa shape index (κ2) is 7.72. The molecule has 0 saturated heterocycles. The standard InChI is InChI=1S/C24H23N3O3/c1-26(2)16-19-15-25-27(24(19)22-4-3-11-28-22)20-8-5-17(6-9-20)18-7-10-21-23(14-18)30-13-12-29-21/h3-11,14-15H,12-13,16H2,1-2H3. The molecule has 3 heterocycles. The summed E-state index contributed by atoms with van der Waals surface area (Å²) in [5.74, 6) is 2.40. The summed E-state index contributed by atoms with van der Waals surface area (Å²) >= 11 is 0. The minimum absolute atomic E-state index is 0.583. The van der Waals surface area contributed by atoms with Crippen LogP contribution in [0.15, 0.2) is 71.5 Å². The molecule has 0 spiro atoms. The van der Waals surface area contributed by atoms with E-state index >= 15 is 0 Å². The molecule has 4 aromatic rings. The van der Waals surface area contributed by atoms with E-state index in [4.69, 9.17) is 13.9 Å². The highest BCUT2D eigenvalue weighted by Gasteiger charge is 2.18. The first-order chi connectivity index (χ1) is 14.7. The van der Waals surface area contributed by atoms with Gasteiger partial charge in [0.05, 0.1) is 18.1 Å². The molecule has 0 unspecified atom stereocenters. The van der Waals surface area contributed by atoms with Crippen molar-refractivity contribution in [3.8, 4) is 39.8 Å². The predicted octanol–water partition coefficient (Wildman–Crippen LogP) is 4.63. The van der Waals surface area contributed by atoms with E-state index in [0.717, 1.165) is 51.9 Å². The Morgan fingerprint density at radius 1 is 0.933 bits per heavy atom. The van der Waals surface area contributed by atoms with Crippen LogP contribution in [-0.2, 0) is 6.54 Å². The minimum Gasteiger partial charge on any atom is -0.486 e. The first kappa shape index (κ1) is 18.5. The number of hydrogen-bond donors (Lipinski definition) is 0. The van der Waals surface area contributed by atoms with E-state index in [1.807, 2.05) is 49.2 Å². The van der Waals surface area contributed by atoms with Crippen molar-refractivity contribution < 1.29 is 13.9 Å². The smallest absolute Gasteiger partial charge is 0.161 e. The van der Waals surface area contributed by atoms with Crippen LogP contribution in [0.1, 0.15) is 5.56 Å². The van der Waals surface area contributed by atoms with Crippen molar-refractivity contribution in [2.45, 2.75) is 6.54 Å². The van der Waals surface area contributed by atoms with Gasteiger partial charge < -0.3 is 18.8 Å². The normalized spacial score (nSPS) is 13.0. The molecule has 0 amide bonds. The summed E-state index contributed by atoms with van der Waals surface area (Å²) in [5, 5.41) is 4.65. The third-order valence-electron chi connectivity index (χ3n) is 5.07. The molecule has 1 aliphatic rings. The molecule has 0 saturated carbocycles. The summed E-state index contributed by atoms with van der Waals surface area (Å²) in [5.41, 5.74) is 5.26. The van der Waals surface area contributed by atoms with Crippen molar-refractivity contribution in [1.82, 2.24) is 14.7 Å². The third-order valence-corrected chi connectivity index (χ3v) is 5.07. The van der Waals surface area contributed by atoms with Crippen LogP contribution in [0.3, 0.4) is 0 Å². The molecule has 6 nitrogen and oxygen atoms in total. The fourth-order valence-electron chi connectivity index (χ4n) is 3.73. The van der Waals surface area contributed by atoms with Crippen molar-refractivity contribution in [2.24, 2.45) is 0 Å². The summed E-state index contributed by atoms with van der Waals surface area (Å²) in [6, 6.07) is 18.3. The highest BCUT2D eigenvalue weighted by atomic mass is 16.6. The lowest BCUT2D eigenvalue weighted by Gasteiger charge is -2.19. The Morgan fingerprint density at radius 2 is 1.70 bits per heavy atom. The average molecular weight is 401 g/mol. The van der Waals surface area contributed by atoms with E-state index in [1.54, 1.807) is 6.26 Å². The van der Waals surface area contributed by atoms with Gasteiger partial charge in [0.25, 0.3) is 0 Å². The summed E-state index contributed by atoms with van der Waals surface area (Å²) in [7, 11) is 4.09. The number of aromatic nitrogens is 2. The summed E-state index contributed by atoms with van der Waals surface area (Å²) in [6.45, 7) is 1.96. The lowest BCUT2D eigenvalue weighted by atomic mass is 10.0. The largest absolute Gasteiger partial charge is 0.486 e. The SMILES string of the molecule is CN(C)Cc1cnn(-c2ccc(-c3ccc4c(c3)OCCO4)cc2)c1-c1ccco1. The van der Waals surface area contributed by atoms with Crippen LogP contribution in [0, 0.1) is 0 Å². The third kappa shape index (κ3) is 3.46. The van der Waals surface area contributed by atoms with Gasteiger partial charge in [-0.3, -0.25) is 0 Å². The van der Waals surface area contributed by atoms with Gasteiger partial charge in [-0.05, 0) is 61.6 Å². The number of hydrogen-bond acceptors (Lipinski definition) is 5. The summed E-state index contributed by atoms with van der Waals surface area (Å²) in [6.07, 6.45) is 3.60. The van der Waals surface area contributed by atoms with E-state index in [-0.39, 0.29) is 0 Å². The Morgan fingerprint density at radius 3 is 2.43 bits per heavy atom. The lowest BCUT2D eigenvalue weighted by molar-refractivity contribution is 0.171. The Labute approximate surface area is 175 Å². The molecule has 0 fully saturated rings. The van der Waals surface area contributed by atoms with Crippen molar-refractivity contribution in [1.29, 1.82) is 0 Å². The first-order valence-corrected chi connectivity index (χ1v) is 9.95. The Hall–Kier alpha value is -3.51. The van der Waals surface area contributed by atoms with E-state index in [9.17, 15) is 0 Å². The molecular weight excluding hydrogens is 378 g/mol. The number of furan rings is 1. The first-order valence-electron chi connectivity index (χ1n) is 9.95. The molecule has 0 bridgehead atoms. The predicted molar refractivity (Wildman–Crippen MR) is 115 cm³/mol. The fourth-order valence-corrected chi connectivity index (χ4v) is 3.73. The zero-order chi connectivity index (χ0) is 20.5. The number of rotatable bonds is 5. The maximum absolute atomic E-state index is 5.72. The zero-order valence-corrected chi connectivity index (χ0v) is 17.0. The van der Waals surface area contributed by atoms with Crippen molar-refractivity contribution in [3.63, 3.8) is 0 Å². The summed E-state index contributed by atoms with van der Waals surface area (Å²) in [4.78, 5) is 2.12. The van der Waals surface area contributed by atoms with Crippen molar-refractivity contribution in [2.75, 3.05) is 27.3 Å². The van der Waals surface area contributed by atoms with Gasteiger partial charge in [0.2, 0.25) is 0 Å². The van der Waals surface area contributed by atoms with E-state index in [1.165, 1.54) is 0 Å². The van der Waals surface area contributed by atoms with Crippen LogP contribution in [0.2, 0.25) is 0 Å². The Bertz CT molecular complexity index is 1150. The maximum Gasteiger partial charge on any atom is 0.161 e. The highest BCUT2D eigenvalue weighted by molar-refractivity contribution is 5.69. The van der Waals surface area contributed by atoms with Crippen LogP contribution < -0.4 is 9.47 Å². The van der Waals surface area contributed by atoms with Gasteiger partial charge in [-0.2, -0.15) is 5.10 Å². The Kier molecular flexibility index (Phi) is 4.77. The minimum atomic E-state index is 0.583. The Balaban J connectivity index is 1.50. The lowest BCUT2D eigenvalue weighted by Crippen LogP contribution is -2.15. The van der Waals surface area contributed by atoms with Gasteiger partial charge >= 0.3 is 0 Å². The number of benzene rings is 2. The van der Waals surface area contributed by atoms with Crippen LogP contribution in [-0.4, -0.2) is 42.0 Å². The number of fused-ring (bicyclic) bond motifs is 1. The molecule has 0 atom stereocenters. The van der Waals surface area contributed by atoms with Gasteiger partial charge in [0.15, 0.2) is 17.3 Å². The van der Waals surface area contributed by atoms with Crippen molar-refractivity contribution >= 4 is 0 Å². The van der Waals surface area contributed by atoms with Crippen LogP contribution in [0.5, 0.6) is 11.5 Å². The molecule has 2 aromatic heterocycles. The molecule has 5 rings (SSSR count). The molecule has 0 N–H and O–H groups in total. The van der Waals surface area contributed by atoms with E-state index in [2.05, 4.69) is 40.3 Å². The van der Waals surface area contributed by atoms with Crippen LogP contribution in [0.25, 0.3) is 28.3 Å². The maximum atomic E-state index is 5.72. The van der Waals surface area contributed by atoms with Gasteiger partial charge in [-0.1, -0.05) is 18.2 Å². The van der Waals surface area contributed by atoms with Gasteiger partial charge in [-0.15, -0.1) is 0 Å². The van der Waals surface area contributed by atoms with Crippen molar-refractivity contribution in [3.05, 3.63) is 72.6 Å². The molecule has 152 valence electrons. The molecule has 30 heavy (non-hydrogen) atoms. The highest BCUT2D eigenvalue weighted by Crippen LogP contribution is 2.35. The summed E-state index contributed by atoms with van der Waals surface area (Å²) < 4.78 is 19.0. The number of nitrogens with zero attached hydrogens (tertiary/aromatic N) is 3. The van der Waals surface area contributed by atoms with E-state index in [0.29, 0.717) is 13.2 Å². The zero-order valence-electron chi connectivity index (χ0n) is 17.0. The molecule has 6 heteroatoms. The average Bonchev–Trinajstić information content (AvgIpc) is 3.43. The second-order valence-corrected chi connectivity index (χ2v) is 7.55. The second-order valence-electron chi connectivity index (χ2n) is 7.55.